The fourth-order valence-electron chi connectivity index (χ4n) is 0.225. The van der Waals surface area contributed by atoms with Crippen molar-refractivity contribution >= 4 is 0 Å². The molecule has 0 aliphatic carbocycles. The Hall–Kier alpha value is -0.560. The molecular weight excluding hydrogens is 88.1 g/mol. The summed E-state index contributed by atoms with van der Waals surface area (Å²) in [6, 6.07) is 0. The van der Waals surface area contributed by atoms with E-state index in [1.807, 2.05) is 19.1 Å². The van der Waals surface area contributed by atoms with Gasteiger partial charge in [-0.3, -0.25) is 0 Å². The highest BCUT2D eigenvalue weighted by molar-refractivity contribution is 5.03. The van der Waals surface area contributed by atoms with Crippen LogP contribution in [0.5, 0.6) is 0 Å². The quantitative estimate of drug-likeness (QED) is 0.519. The number of rotatable bonds is 2. The predicted molar refractivity (Wildman–Crippen MR) is 30.2 cm³/mol. The average molecular weight is 97.1 g/mol. The zero-order valence-electron chi connectivity index (χ0n) is 4.33. The predicted octanol–water partition coefficient (Wildman–Crippen LogP) is 1.65. The van der Waals surface area contributed by atoms with E-state index in [0.29, 0.717) is 0 Å². The zero-order chi connectivity index (χ0) is 5.54. The second kappa shape index (κ2) is 5.44. The second-order valence-electron chi connectivity index (χ2n) is 1.06. The first kappa shape index (κ1) is 6.44. The number of allylic oxidation sites excluding steroid dienone is 3. The lowest BCUT2D eigenvalue weighted by atomic mass is 10.4. The first-order chi connectivity index (χ1) is 3.41. The van der Waals surface area contributed by atoms with Gasteiger partial charge in [0, 0.05) is 0 Å². The lowest BCUT2D eigenvalue weighted by molar-refractivity contribution is 0.421. The molecule has 1 radical (unpaired) electrons. The molecule has 0 aliphatic rings. The molecule has 0 heterocycles. The number of hydrogen-bond acceptors (Lipinski definition) is 1. The molecule has 0 saturated heterocycles. The number of hydrogen-bond donors (Lipinski definition) is 1. The van der Waals surface area contributed by atoms with Gasteiger partial charge in [0.2, 0.25) is 0 Å². The van der Waals surface area contributed by atoms with Gasteiger partial charge in [-0.2, -0.15) is 0 Å². The van der Waals surface area contributed by atoms with Gasteiger partial charge in [0.15, 0.2) is 0 Å². The molecule has 0 spiro atoms. The van der Waals surface area contributed by atoms with Crippen LogP contribution in [-0.2, 0) is 0 Å². The Morgan fingerprint density at radius 3 is 2.29 bits per heavy atom. The molecule has 0 rings (SSSR count). The molecule has 0 aromatic rings. The summed E-state index contributed by atoms with van der Waals surface area (Å²) in [7, 11) is 0. The number of aliphatic hydroxyl groups is 1. The van der Waals surface area contributed by atoms with Crippen LogP contribution in [0.2, 0.25) is 0 Å². The molecule has 0 bridgehead atoms. The van der Waals surface area contributed by atoms with Crippen molar-refractivity contribution in [3.05, 3.63) is 30.9 Å². The van der Waals surface area contributed by atoms with Gasteiger partial charge in [0.05, 0.1) is 0 Å². The van der Waals surface area contributed by atoms with E-state index in [2.05, 4.69) is 0 Å². The molecule has 0 saturated carbocycles. The Morgan fingerprint density at radius 2 is 1.86 bits per heavy atom. The van der Waals surface area contributed by atoms with Gasteiger partial charge in [0.25, 0.3) is 0 Å². The molecule has 0 unspecified atom stereocenters. The Bertz CT molecular complexity index is 72.2. The van der Waals surface area contributed by atoms with Gasteiger partial charge in [0.1, 0.15) is 6.61 Å². The van der Waals surface area contributed by atoms with E-state index in [4.69, 9.17) is 5.11 Å². The average Bonchev–Trinajstić information content (AvgIpc) is 1.69. The van der Waals surface area contributed by atoms with E-state index < -0.39 is 0 Å². The van der Waals surface area contributed by atoms with Crippen molar-refractivity contribution in [2.45, 2.75) is 6.92 Å². The summed E-state index contributed by atoms with van der Waals surface area (Å²) in [6.07, 6.45) is 7.03. The van der Waals surface area contributed by atoms with Crippen LogP contribution in [-0.4, -0.2) is 5.11 Å². The van der Waals surface area contributed by atoms with E-state index in [-0.39, 0.29) is 0 Å². The Balaban J connectivity index is 3.09. The summed E-state index contributed by atoms with van der Waals surface area (Å²) in [4.78, 5) is 0. The first-order valence-electron chi connectivity index (χ1n) is 2.17. The Labute approximate surface area is 44.0 Å². The summed E-state index contributed by atoms with van der Waals surface area (Å²) in [6.45, 7) is 2.92. The lowest BCUT2D eigenvalue weighted by Crippen LogP contribution is -1.56. The summed E-state index contributed by atoms with van der Waals surface area (Å²) in [5, 5.41) is 8.05. The number of aliphatic hydroxyl groups excluding tert-OH is 1. The third-order valence-electron chi connectivity index (χ3n) is 0.501. The molecule has 1 nitrogen and oxygen atoms in total. The van der Waals surface area contributed by atoms with Crippen molar-refractivity contribution in [2.24, 2.45) is 0 Å². The van der Waals surface area contributed by atoms with Crippen molar-refractivity contribution in [1.82, 2.24) is 0 Å². The van der Waals surface area contributed by atoms with Gasteiger partial charge in [-0.25, -0.2) is 0 Å². The molecule has 39 valence electrons. The van der Waals surface area contributed by atoms with E-state index in [1.54, 1.807) is 12.2 Å². The largest absolute Gasteiger partial charge is 0.386 e. The van der Waals surface area contributed by atoms with E-state index in [9.17, 15) is 0 Å². The maximum absolute atomic E-state index is 8.05. The van der Waals surface area contributed by atoms with Crippen molar-refractivity contribution in [2.75, 3.05) is 0 Å². The zero-order valence-corrected chi connectivity index (χ0v) is 4.33. The fourth-order valence-corrected chi connectivity index (χ4v) is 0.225. The molecule has 0 amide bonds. The Morgan fingerprint density at radius 1 is 1.14 bits per heavy atom. The molecule has 0 aliphatic heterocycles. The third kappa shape index (κ3) is 5.44. The van der Waals surface area contributed by atoms with E-state index in [1.165, 1.54) is 0 Å². The monoisotopic (exact) mass is 97.1 g/mol. The molecule has 0 fully saturated rings. The first-order valence-corrected chi connectivity index (χ1v) is 2.17. The SMILES string of the molecule is CC=CC=C[CH]O. The highest BCUT2D eigenvalue weighted by Crippen LogP contribution is 1.75. The Kier molecular flexibility index (Phi) is 5.00. The molecule has 1 heteroatoms. The summed E-state index contributed by atoms with van der Waals surface area (Å²) in [5.74, 6) is 0. The highest BCUT2D eigenvalue weighted by Gasteiger charge is 1.59. The summed E-state index contributed by atoms with van der Waals surface area (Å²) >= 11 is 0. The normalized spacial score (nSPS) is 11.7. The lowest BCUT2D eigenvalue weighted by Gasteiger charge is -1.69. The summed E-state index contributed by atoms with van der Waals surface area (Å²) < 4.78 is 0. The van der Waals surface area contributed by atoms with Gasteiger partial charge < -0.3 is 5.11 Å². The smallest absolute Gasteiger partial charge is 0.102 e. The molecule has 0 aromatic carbocycles. The van der Waals surface area contributed by atoms with Gasteiger partial charge in [-0.1, -0.05) is 24.3 Å². The molecular formula is C6H9O. The standard InChI is InChI=1S/C6H9O/c1-2-3-4-5-6-7/h2-7H,1H3. The van der Waals surface area contributed by atoms with Crippen molar-refractivity contribution < 1.29 is 5.11 Å². The van der Waals surface area contributed by atoms with Crippen LogP contribution in [0.1, 0.15) is 6.92 Å². The molecule has 7 heavy (non-hydrogen) atoms. The van der Waals surface area contributed by atoms with Crippen LogP contribution in [0.4, 0.5) is 0 Å². The van der Waals surface area contributed by atoms with Crippen LogP contribution in [0.15, 0.2) is 24.3 Å². The van der Waals surface area contributed by atoms with Gasteiger partial charge in [-0.15, -0.1) is 0 Å². The highest BCUT2D eigenvalue weighted by atomic mass is 16.2. The van der Waals surface area contributed by atoms with Gasteiger partial charge in [-0.05, 0) is 6.92 Å². The second-order valence-corrected chi connectivity index (χ2v) is 1.06. The third-order valence-corrected chi connectivity index (χ3v) is 0.501. The minimum absolute atomic E-state index is 1.00. The van der Waals surface area contributed by atoms with Crippen molar-refractivity contribution in [3.8, 4) is 0 Å². The minimum atomic E-state index is 1.00. The van der Waals surface area contributed by atoms with Crippen molar-refractivity contribution in [3.63, 3.8) is 0 Å². The van der Waals surface area contributed by atoms with E-state index >= 15 is 0 Å². The summed E-state index contributed by atoms with van der Waals surface area (Å²) in [5.41, 5.74) is 0. The topological polar surface area (TPSA) is 20.2 Å². The van der Waals surface area contributed by atoms with E-state index in [0.717, 1.165) is 6.61 Å². The minimum Gasteiger partial charge on any atom is -0.386 e. The molecule has 1 N–H and O–H groups in total. The molecule has 0 aromatic heterocycles. The molecule has 0 atom stereocenters. The van der Waals surface area contributed by atoms with Crippen LogP contribution in [0, 0.1) is 6.61 Å². The van der Waals surface area contributed by atoms with Gasteiger partial charge >= 0.3 is 0 Å². The fraction of sp³-hybridized carbons (Fsp3) is 0.167. The van der Waals surface area contributed by atoms with Crippen LogP contribution in [0.3, 0.4) is 0 Å². The maximum Gasteiger partial charge on any atom is 0.102 e. The maximum atomic E-state index is 8.05. The van der Waals surface area contributed by atoms with Crippen LogP contribution in [0.25, 0.3) is 0 Å². The van der Waals surface area contributed by atoms with Crippen LogP contribution >= 0.6 is 0 Å². The van der Waals surface area contributed by atoms with Crippen molar-refractivity contribution in [1.29, 1.82) is 0 Å². The van der Waals surface area contributed by atoms with Crippen LogP contribution < -0.4 is 0 Å².